The van der Waals surface area contributed by atoms with Gasteiger partial charge >= 0.3 is 0 Å². The normalized spacial score (nSPS) is 16.8. The second kappa shape index (κ2) is 8.12. The number of anilines is 1. The molecule has 0 aliphatic carbocycles. The summed E-state index contributed by atoms with van der Waals surface area (Å²) in [4.78, 5) is 19.4. The lowest BCUT2D eigenvalue weighted by molar-refractivity contribution is 0.0337. The molecule has 0 spiro atoms. The predicted molar refractivity (Wildman–Crippen MR) is 100 cm³/mol. The number of methoxy groups -OCH3 is 1. The Morgan fingerprint density at radius 2 is 2.07 bits per heavy atom. The van der Waals surface area contributed by atoms with Crippen LogP contribution in [0.1, 0.15) is 16.1 Å². The molecule has 1 fully saturated rings. The number of morpholine rings is 1. The molecule has 2 aliphatic rings. The summed E-state index contributed by atoms with van der Waals surface area (Å²) in [5.74, 6) is 1.25. The average Bonchev–Trinajstić information content (AvgIpc) is 3.14. The smallest absolute Gasteiger partial charge is 0.257 e. The van der Waals surface area contributed by atoms with Gasteiger partial charge in [0.15, 0.2) is 16.6 Å². The first-order chi connectivity index (χ1) is 13.2. The number of thiazole rings is 1. The Balaban J connectivity index is 1.44. The minimum Gasteiger partial charge on any atom is -0.493 e. The summed E-state index contributed by atoms with van der Waals surface area (Å²) in [5, 5.41) is 5.38. The second-order valence-corrected chi connectivity index (χ2v) is 7.05. The molecule has 0 saturated carbocycles. The third kappa shape index (κ3) is 4.15. The van der Waals surface area contributed by atoms with E-state index >= 15 is 0 Å². The number of nitrogens with zero attached hydrogens (tertiary/aromatic N) is 2. The van der Waals surface area contributed by atoms with Gasteiger partial charge in [-0.2, -0.15) is 0 Å². The van der Waals surface area contributed by atoms with Crippen LogP contribution in [0.15, 0.2) is 17.5 Å². The standard InChI is InChI=1S/C18H21N3O5S/c1-23-14-8-12(9-15-16(14)26-7-6-25-15)17(22)20-18-19-13(11-27-18)10-21-2-4-24-5-3-21/h8-9,11H,2-7,10H2,1H3,(H,19,20,22). The molecular weight excluding hydrogens is 370 g/mol. The van der Waals surface area contributed by atoms with Crippen molar-refractivity contribution < 1.29 is 23.7 Å². The van der Waals surface area contributed by atoms with Gasteiger partial charge in [0.1, 0.15) is 13.2 Å². The third-order valence-corrected chi connectivity index (χ3v) is 5.16. The lowest BCUT2D eigenvalue weighted by Gasteiger charge is -2.25. The molecule has 1 saturated heterocycles. The van der Waals surface area contributed by atoms with E-state index < -0.39 is 0 Å². The highest BCUT2D eigenvalue weighted by Gasteiger charge is 2.21. The van der Waals surface area contributed by atoms with E-state index in [9.17, 15) is 4.79 Å². The van der Waals surface area contributed by atoms with Crippen molar-refractivity contribution in [2.45, 2.75) is 6.54 Å². The lowest BCUT2D eigenvalue weighted by atomic mass is 10.1. The maximum Gasteiger partial charge on any atom is 0.257 e. The zero-order valence-corrected chi connectivity index (χ0v) is 15.8. The van der Waals surface area contributed by atoms with Crippen molar-refractivity contribution in [1.82, 2.24) is 9.88 Å². The molecule has 27 heavy (non-hydrogen) atoms. The zero-order valence-electron chi connectivity index (χ0n) is 15.0. The van der Waals surface area contributed by atoms with Crippen molar-refractivity contribution in [1.29, 1.82) is 0 Å². The lowest BCUT2D eigenvalue weighted by Crippen LogP contribution is -2.35. The first-order valence-corrected chi connectivity index (χ1v) is 9.64. The number of hydrogen-bond acceptors (Lipinski definition) is 8. The molecule has 2 aliphatic heterocycles. The largest absolute Gasteiger partial charge is 0.493 e. The first-order valence-electron chi connectivity index (χ1n) is 8.76. The fourth-order valence-electron chi connectivity index (χ4n) is 3.00. The maximum atomic E-state index is 12.6. The van der Waals surface area contributed by atoms with Gasteiger partial charge in [-0.3, -0.25) is 15.0 Å². The Morgan fingerprint density at radius 1 is 1.26 bits per heavy atom. The summed E-state index contributed by atoms with van der Waals surface area (Å²) in [6.07, 6.45) is 0. The number of amides is 1. The molecule has 144 valence electrons. The maximum absolute atomic E-state index is 12.6. The molecular formula is C18H21N3O5S. The van der Waals surface area contributed by atoms with Crippen LogP contribution in [0.2, 0.25) is 0 Å². The first kappa shape index (κ1) is 18.0. The van der Waals surface area contributed by atoms with E-state index in [0.29, 0.717) is 41.2 Å². The van der Waals surface area contributed by atoms with E-state index in [1.807, 2.05) is 5.38 Å². The van der Waals surface area contributed by atoms with Crippen LogP contribution < -0.4 is 19.5 Å². The molecule has 1 aromatic carbocycles. The Bertz CT molecular complexity index is 802. The Labute approximate surface area is 161 Å². The van der Waals surface area contributed by atoms with Gasteiger partial charge in [-0.25, -0.2) is 4.98 Å². The van der Waals surface area contributed by atoms with Gasteiger partial charge in [0.2, 0.25) is 5.75 Å². The van der Waals surface area contributed by atoms with Gasteiger partial charge in [0.25, 0.3) is 5.91 Å². The zero-order chi connectivity index (χ0) is 18.6. The van der Waals surface area contributed by atoms with Crippen molar-refractivity contribution >= 4 is 22.4 Å². The van der Waals surface area contributed by atoms with Crippen LogP contribution in [-0.2, 0) is 11.3 Å². The number of carbonyl (C=O) groups excluding carboxylic acids is 1. The predicted octanol–water partition coefficient (Wildman–Crippen LogP) is 2.01. The van der Waals surface area contributed by atoms with Gasteiger partial charge in [-0.1, -0.05) is 0 Å². The van der Waals surface area contributed by atoms with Gasteiger partial charge < -0.3 is 18.9 Å². The van der Waals surface area contributed by atoms with E-state index in [0.717, 1.165) is 38.5 Å². The van der Waals surface area contributed by atoms with Crippen molar-refractivity contribution in [2.24, 2.45) is 0 Å². The summed E-state index contributed by atoms with van der Waals surface area (Å²) < 4.78 is 21.8. The Hall–Kier alpha value is -2.36. The molecule has 2 aromatic rings. The number of ether oxygens (including phenoxy) is 4. The van der Waals surface area contributed by atoms with Gasteiger partial charge in [-0.15, -0.1) is 11.3 Å². The van der Waals surface area contributed by atoms with Crippen LogP contribution in [0.3, 0.4) is 0 Å². The molecule has 0 atom stereocenters. The minimum atomic E-state index is -0.266. The van der Waals surface area contributed by atoms with E-state index in [2.05, 4.69) is 15.2 Å². The van der Waals surface area contributed by atoms with Crippen LogP contribution >= 0.6 is 11.3 Å². The number of benzene rings is 1. The number of hydrogen-bond donors (Lipinski definition) is 1. The van der Waals surface area contributed by atoms with Crippen molar-refractivity contribution in [3.63, 3.8) is 0 Å². The SMILES string of the molecule is COc1cc(C(=O)Nc2nc(CN3CCOCC3)cs2)cc2c1OCCO2. The highest BCUT2D eigenvalue weighted by molar-refractivity contribution is 7.13. The number of nitrogens with one attached hydrogen (secondary N) is 1. The number of carbonyl (C=O) groups is 1. The van der Waals surface area contributed by atoms with Gasteiger partial charge in [0.05, 0.1) is 26.0 Å². The topological polar surface area (TPSA) is 82.2 Å². The molecule has 0 radical (unpaired) electrons. The Kier molecular flexibility index (Phi) is 5.42. The minimum absolute atomic E-state index is 0.266. The monoisotopic (exact) mass is 391 g/mol. The fourth-order valence-corrected chi connectivity index (χ4v) is 3.70. The summed E-state index contributed by atoms with van der Waals surface area (Å²) in [6.45, 7) is 4.96. The molecule has 0 unspecified atom stereocenters. The fraction of sp³-hybridized carbons (Fsp3) is 0.444. The van der Waals surface area contributed by atoms with Crippen LogP contribution in [0.5, 0.6) is 17.2 Å². The van der Waals surface area contributed by atoms with Crippen LogP contribution in [0.4, 0.5) is 5.13 Å². The summed E-state index contributed by atoms with van der Waals surface area (Å²) >= 11 is 1.41. The van der Waals surface area contributed by atoms with Gasteiger partial charge in [0, 0.05) is 30.6 Å². The quantitative estimate of drug-likeness (QED) is 0.835. The molecule has 8 nitrogen and oxygen atoms in total. The van der Waals surface area contributed by atoms with Crippen LogP contribution in [0, 0.1) is 0 Å². The third-order valence-electron chi connectivity index (χ3n) is 4.35. The van der Waals surface area contributed by atoms with Crippen molar-refractivity contribution in [3.05, 3.63) is 28.8 Å². The number of aromatic nitrogens is 1. The highest BCUT2D eigenvalue weighted by atomic mass is 32.1. The molecule has 1 amide bonds. The second-order valence-electron chi connectivity index (χ2n) is 6.19. The molecule has 1 N–H and O–H groups in total. The molecule has 4 rings (SSSR count). The van der Waals surface area contributed by atoms with Crippen molar-refractivity contribution in [2.75, 3.05) is 51.9 Å². The highest BCUT2D eigenvalue weighted by Crippen LogP contribution is 2.40. The van der Waals surface area contributed by atoms with E-state index in [1.54, 1.807) is 12.1 Å². The molecule has 1 aromatic heterocycles. The van der Waals surface area contributed by atoms with Gasteiger partial charge in [-0.05, 0) is 12.1 Å². The number of rotatable bonds is 5. The molecule has 9 heteroatoms. The summed E-state index contributed by atoms with van der Waals surface area (Å²) in [5.41, 5.74) is 1.37. The Morgan fingerprint density at radius 3 is 2.89 bits per heavy atom. The van der Waals surface area contributed by atoms with Crippen LogP contribution in [-0.4, -0.2) is 62.4 Å². The van der Waals surface area contributed by atoms with E-state index in [1.165, 1.54) is 18.4 Å². The number of fused-ring (bicyclic) bond motifs is 1. The van der Waals surface area contributed by atoms with E-state index in [-0.39, 0.29) is 5.91 Å². The van der Waals surface area contributed by atoms with Crippen molar-refractivity contribution in [3.8, 4) is 17.2 Å². The van der Waals surface area contributed by atoms with Crippen LogP contribution in [0.25, 0.3) is 0 Å². The summed E-state index contributed by atoms with van der Waals surface area (Å²) in [7, 11) is 1.54. The molecule has 3 heterocycles. The summed E-state index contributed by atoms with van der Waals surface area (Å²) in [6, 6.07) is 3.31. The average molecular weight is 391 g/mol. The van der Waals surface area contributed by atoms with E-state index in [4.69, 9.17) is 18.9 Å². The molecule has 0 bridgehead atoms.